The normalized spacial score (nSPS) is 14.3. The molecule has 1 amide bonds. The molecule has 6 heteroatoms. The Hall–Kier alpha value is -3.31. The van der Waals surface area contributed by atoms with Crippen molar-refractivity contribution in [3.05, 3.63) is 100 Å². The van der Waals surface area contributed by atoms with Gasteiger partial charge < -0.3 is 15.0 Å². The lowest BCUT2D eigenvalue weighted by molar-refractivity contribution is -0.120. The SMILES string of the molecule is CCOC(=O)c1ccc(CC(=O)N[C@H](c2ccccc2)c2cccc(Cl)c2N2CCCCC2)cc1. The number of carbonyl (C=O) groups excluding carboxylic acids is 2. The van der Waals surface area contributed by atoms with Gasteiger partial charge in [0.05, 0.1) is 35.3 Å². The number of ether oxygens (including phenoxy) is 1. The number of nitrogens with one attached hydrogen (secondary N) is 1. The van der Waals surface area contributed by atoms with Gasteiger partial charge in [-0.25, -0.2) is 4.79 Å². The van der Waals surface area contributed by atoms with Gasteiger partial charge in [-0.1, -0.05) is 66.2 Å². The first-order chi connectivity index (χ1) is 17.1. The fraction of sp³-hybridized carbons (Fsp3) is 0.310. The van der Waals surface area contributed by atoms with Crippen molar-refractivity contribution in [2.75, 3.05) is 24.6 Å². The van der Waals surface area contributed by atoms with E-state index in [1.807, 2.05) is 42.5 Å². The van der Waals surface area contributed by atoms with Crippen molar-refractivity contribution < 1.29 is 14.3 Å². The Bertz CT molecular complexity index is 1140. The molecule has 0 saturated carbocycles. The molecule has 4 rings (SSSR count). The Balaban J connectivity index is 1.59. The second-order valence-electron chi connectivity index (χ2n) is 8.73. The molecule has 1 saturated heterocycles. The Labute approximate surface area is 212 Å². The average molecular weight is 491 g/mol. The molecule has 1 aliphatic rings. The summed E-state index contributed by atoms with van der Waals surface area (Å²) in [6.45, 7) is 4.02. The predicted octanol–water partition coefficient (Wildman–Crippen LogP) is 5.96. The van der Waals surface area contributed by atoms with Crippen molar-refractivity contribution in [3.8, 4) is 0 Å². The standard InChI is InChI=1S/C29H31ClN2O3/c1-2-35-29(34)23-16-14-21(15-17-23)20-26(33)31-27(22-10-5-3-6-11-22)24-12-9-13-25(30)28(24)32-18-7-4-8-19-32/h3,5-6,9-17,27H,2,4,7-8,18-20H2,1H3,(H,31,33)/t27-/m1/s1. The minimum absolute atomic E-state index is 0.104. The molecule has 0 aromatic heterocycles. The summed E-state index contributed by atoms with van der Waals surface area (Å²) >= 11 is 6.73. The molecule has 0 aliphatic carbocycles. The maximum Gasteiger partial charge on any atom is 0.338 e. The first-order valence-electron chi connectivity index (χ1n) is 12.2. The summed E-state index contributed by atoms with van der Waals surface area (Å²) < 4.78 is 5.04. The van der Waals surface area contributed by atoms with Crippen molar-refractivity contribution >= 4 is 29.2 Å². The van der Waals surface area contributed by atoms with Crippen LogP contribution in [0.1, 0.15) is 59.3 Å². The second kappa shape index (κ2) is 11.9. The number of halogens is 1. The van der Waals surface area contributed by atoms with Gasteiger partial charge in [0, 0.05) is 18.7 Å². The quantitative estimate of drug-likeness (QED) is 0.396. The number of carbonyl (C=O) groups is 2. The van der Waals surface area contributed by atoms with E-state index in [0.717, 1.165) is 48.3 Å². The van der Waals surface area contributed by atoms with Crippen molar-refractivity contribution in [1.82, 2.24) is 5.32 Å². The third kappa shape index (κ3) is 6.23. The summed E-state index contributed by atoms with van der Waals surface area (Å²) in [5, 5.41) is 3.95. The largest absolute Gasteiger partial charge is 0.462 e. The predicted molar refractivity (Wildman–Crippen MR) is 140 cm³/mol. The maximum atomic E-state index is 13.2. The Morgan fingerprint density at radius 2 is 1.66 bits per heavy atom. The smallest absolute Gasteiger partial charge is 0.338 e. The number of nitrogens with zero attached hydrogens (tertiary/aromatic N) is 1. The summed E-state index contributed by atoms with van der Waals surface area (Å²) in [7, 11) is 0. The topological polar surface area (TPSA) is 58.6 Å². The first kappa shape index (κ1) is 24.8. The van der Waals surface area contributed by atoms with Gasteiger partial charge in [-0.2, -0.15) is 0 Å². The van der Waals surface area contributed by atoms with Crippen molar-refractivity contribution in [2.24, 2.45) is 0 Å². The van der Waals surface area contributed by atoms with Crippen LogP contribution in [0.5, 0.6) is 0 Å². The van der Waals surface area contributed by atoms with Crippen molar-refractivity contribution in [1.29, 1.82) is 0 Å². The van der Waals surface area contributed by atoms with E-state index in [2.05, 4.69) is 16.3 Å². The summed E-state index contributed by atoms with van der Waals surface area (Å²) in [5.74, 6) is -0.467. The minimum atomic E-state index is -0.362. The number of hydrogen-bond acceptors (Lipinski definition) is 4. The highest BCUT2D eigenvalue weighted by Crippen LogP contribution is 2.37. The lowest BCUT2D eigenvalue weighted by atomic mass is 9.95. The van der Waals surface area contributed by atoms with Gasteiger partial charge in [0.15, 0.2) is 0 Å². The highest BCUT2D eigenvalue weighted by molar-refractivity contribution is 6.33. The summed E-state index contributed by atoms with van der Waals surface area (Å²) in [6, 6.07) is 22.6. The van der Waals surface area contributed by atoms with Gasteiger partial charge in [0.1, 0.15) is 0 Å². The molecule has 5 nitrogen and oxygen atoms in total. The number of esters is 1. The summed E-state index contributed by atoms with van der Waals surface area (Å²) in [5.41, 5.74) is 4.30. The zero-order valence-corrected chi connectivity index (χ0v) is 20.8. The van der Waals surface area contributed by atoms with Crippen LogP contribution >= 0.6 is 11.6 Å². The minimum Gasteiger partial charge on any atom is -0.462 e. The number of rotatable bonds is 8. The van der Waals surface area contributed by atoms with E-state index in [1.54, 1.807) is 31.2 Å². The van der Waals surface area contributed by atoms with Gasteiger partial charge in [-0.15, -0.1) is 0 Å². The molecule has 0 radical (unpaired) electrons. The average Bonchev–Trinajstić information content (AvgIpc) is 2.89. The molecule has 3 aromatic carbocycles. The summed E-state index contributed by atoms with van der Waals surface area (Å²) in [6.07, 6.45) is 3.69. The van der Waals surface area contributed by atoms with E-state index in [1.165, 1.54) is 6.42 Å². The molecule has 0 bridgehead atoms. The van der Waals surface area contributed by atoms with E-state index < -0.39 is 0 Å². The van der Waals surface area contributed by atoms with Crippen LogP contribution in [0, 0.1) is 0 Å². The van der Waals surface area contributed by atoms with Gasteiger partial charge in [0.25, 0.3) is 0 Å². The molecule has 1 fully saturated rings. The molecule has 35 heavy (non-hydrogen) atoms. The van der Waals surface area contributed by atoms with Gasteiger partial charge in [-0.3, -0.25) is 4.79 Å². The van der Waals surface area contributed by atoms with E-state index in [0.29, 0.717) is 17.2 Å². The van der Waals surface area contributed by atoms with Crippen LogP contribution in [0.15, 0.2) is 72.8 Å². The molecule has 3 aromatic rings. The summed E-state index contributed by atoms with van der Waals surface area (Å²) in [4.78, 5) is 27.5. The lowest BCUT2D eigenvalue weighted by Crippen LogP contribution is -2.34. The number of anilines is 1. The second-order valence-corrected chi connectivity index (χ2v) is 9.14. The van der Waals surface area contributed by atoms with Crippen LogP contribution in [0.25, 0.3) is 0 Å². The van der Waals surface area contributed by atoms with Gasteiger partial charge >= 0.3 is 5.97 Å². The number of para-hydroxylation sites is 1. The molecular weight excluding hydrogens is 460 g/mol. The van der Waals surface area contributed by atoms with E-state index in [-0.39, 0.29) is 24.3 Å². The number of piperidine rings is 1. The third-order valence-electron chi connectivity index (χ3n) is 6.27. The Morgan fingerprint density at radius 3 is 2.34 bits per heavy atom. The zero-order chi connectivity index (χ0) is 24.6. The number of hydrogen-bond donors (Lipinski definition) is 1. The molecular formula is C29H31ClN2O3. The Morgan fingerprint density at radius 1 is 0.943 bits per heavy atom. The van der Waals surface area contributed by atoms with Crippen molar-refractivity contribution in [2.45, 2.75) is 38.6 Å². The van der Waals surface area contributed by atoms with Crippen LogP contribution in [0.2, 0.25) is 5.02 Å². The molecule has 1 aliphatic heterocycles. The third-order valence-corrected chi connectivity index (χ3v) is 6.57. The van der Waals surface area contributed by atoms with Gasteiger partial charge in [0.2, 0.25) is 5.91 Å². The van der Waals surface area contributed by atoms with Crippen LogP contribution in [0.4, 0.5) is 5.69 Å². The van der Waals surface area contributed by atoms with Crippen LogP contribution in [-0.4, -0.2) is 31.6 Å². The molecule has 1 N–H and O–H groups in total. The maximum absolute atomic E-state index is 13.2. The lowest BCUT2D eigenvalue weighted by Gasteiger charge is -2.33. The molecule has 0 spiro atoms. The van der Waals surface area contributed by atoms with E-state index in [4.69, 9.17) is 16.3 Å². The van der Waals surface area contributed by atoms with E-state index >= 15 is 0 Å². The highest BCUT2D eigenvalue weighted by atomic mass is 35.5. The van der Waals surface area contributed by atoms with Crippen molar-refractivity contribution in [3.63, 3.8) is 0 Å². The fourth-order valence-electron chi connectivity index (χ4n) is 4.57. The zero-order valence-electron chi connectivity index (χ0n) is 20.0. The van der Waals surface area contributed by atoms with Crippen LogP contribution < -0.4 is 10.2 Å². The molecule has 1 atom stereocenters. The fourth-order valence-corrected chi connectivity index (χ4v) is 4.87. The Kier molecular flexibility index (Phi) is 8.43. The van der Waals surface area contributed by atoms with Gasteiger partial charge in [-0.05, 0) is 55.5 Å². The number of amides is 1. The molecule has 182 valence electrons. The molecule has 1 heterocycles. The highest BCUT2D eigenvalue weighted by Gasteiger charge is 2.25. The first-order valence-corrected chi connectivity index (χ1v) is 12.6. The van der Waals surface area contributed by atoms with Crippen LogP contribution in [0.3, 0.4) is 0 Å². The van der Waals surface area contributed by atoms with Crippen LogP contribution in [-0.2, 0) is 16.0 Å². The number of benzene rings is 3. The molecule has 0 unspecified atom stereocenters. The van der Waals surface area contributed by atoms with E-state index in [9.17, 15) is 9.59 Å². The monoisotopic (exact) mass is 490 g/mol.